The quantitative estimate of drug-likeness (QED) is 0.926. The summed E-state index contributed by atoms with van der Waals surface area (Å²) in [7, 11) is 0. The summed E-state index contributed by atoms with van der Waals surface area (Å²) in [6, 6.07) is 0.615. The second-order valence-corrected chi connectivity index (χ2v) is 8.09. The summed E-state index contributed by atoms with van der Waals surface area (Å²) in [5.41, 5.74) is 1.33. The first kappa shape index (κ1) is 16.7. The predicted octanol–water partition coefficient (Wildman–Crippen LogP) is 2.87. The zero-order valence-electron chi connectivity index (χ0n) is 14.4. The number of anilines is 1. The Bertz CT molecular complexity index is 463. The number of aromatic nitrogens is 1. The van der Waals surface area contributed by atoms with Gasteiger partial charge in [-0.1, -0.05) is 6.92 Å². The Balaban J connectivity index is 2.02. The van der Waals surface area contributed by atoms with E-state index in [1.807, 2.05) is 11.3 Å². The van der Waals surface area contributed by atoms with Crippen LogP contribution in [0, 0.1) is 6.92 Å². The molecule has 120 valence electrons. The molecular formula is C16H30N4S. The molecule has 1 fully saturated rings. The second kappa shape index (κ2) is 6.63. The molecule has 0 radical (unpaired) electrons. The van der Waals surface area contributed by atoms with Gasteiger partial charge >= 0.3 is 0 Å². The van der Waals surface area contributed by atoms with Crippen molar-refractivity contribution >= 4 is 16.5 Å². The third-order valence-corrected chi connectivity index (χ3v) is 5.32. The van der Waals surface area contributed by atoms with Crippen LogP contribution in [0.4, 0.5) is 5.13 Å². The maximum absolute atomic E-state index is 4.81. The molecule has 0 spiro atoms. The molecule has 1 saturated heterocycles. The Labute approximate surface area is 133 Å². The van der Waals surface area contributed by atoms with E-state index in [2.05, 4.69) is 56.7 Å². The Morgan fingerprint density at radius 2 is 2.05 bits per heavy atom. The van der Waals surface area contributed by atoms with Crippen LogP contribution in [-0.4, -0.2) is 47.6 Å². The number of piperazine rings is 1. The molecule has 0 aliphatic carbocycles. The van der Waals surface area contributed by atoms with Gasteiger partial charge in [0.05, 0.1) is 5.69 Å². The van der Waals surface area contributed by atoms with Gasteiger partial charge in [0.2, 0.25) is 0 Å². The lowest BCUT2D eigenvalue weighted by molar-refractivity contribution is 0.199. The minimum Gasteiger partial charge on any atom is -0.345 e. The van der Waals surface area contributed by atoms with Crippen LogP contribution in [-0.2, 0) is 6.54 Å². The molecule has 1 unspecified atom stereocenters. The Kier molecular flexibility index (Phi) is 5.28. The SMILES string of the molecule is CCN1CCN(c2nc(C)c(CNC(C)(C)C)s2)CC1C. The summed E-state index contributed by atoms with van der Waals surface area (Å²) in [6.07, 6.45) is 0. The van der Waals surface area contributed by atoms with Gasteiger partial charge in [0.15, 0.2) is 5.13 Å². The average Bonchev–Trinajstić information content (AvgIpc) is 2.77. The summed E-state index contributed by atoms with van der Waals surface area (Å²) >= 11 is 1.85. The number of nitrogens with one attached hydrogen (secondary N) is 1. The molecule has 1 aliphatic heterocycles. The first-order chi connectivity index (χ1) is 9.80. The topological polar surface area (TPSA) is 31.4 Å². The van der Waals surface area contributed by atoms with E-state index in [0.717, 1.165) is 32.7 Å². The largest absolute Gasteiger partial charge is 0.345 e. The molecule has 1 aliphatic rings. The molecule has 0 bridgehead atoms. The van der Waals surface area contributed by atoms with Gasteiger partial charge in [-0.05, 0) is 41.2 Å². The van der Waals surface area contributed by atoms with E-state index in [1.165, 1.54) is 15.7 Å². The molecule has 1 atom stereocenters. The highest BCUT2D eigenvalue weighted by Gasteiger charge is 2.25. The molecule has 4 nitrogen and oxygen atoms in total. The monoisotopic (exact) mass is 310 g/mol. The zero-order valence-corrected chi connectivity index (χ0v) is 15.2. The van der Waals surface area contributed by atoms with Gasteiger partial charge in [-0.2, -0.15) is 0 Å². The molecule has 0 saturated carbocycles. The summed E-state index contributed by atoms with van der Waals surface area (Å²) in [5, 5.41) is 4.76. The maximum Gasteiger partial charge on any atom is 0.185 e. The fraction of sp³-hybridized carbons (Fsp3) is 0.812. The fourth-order valence-corrected chi connectivity index (χ4v) is 3.73. The van der Waals surface area contributed by atoms with Gasteiger partial charge < -0.3 is 10.2 Å². The highest BCUT2D eigenvalue weighted by Crippen LogP contribution is 2.28. The first-order valence-electron chi connectivity index (χ1n) is 8.00. The third kappa shape index (κ3) is 4.41. The predicted molar refractivity (Wildman–Crippen MR) is 92.4 cm³/mol. The van der Waals surface area contributed by atoms with E-state index in [0.29, 0.717) is 6.04 Å². The van der Waals surface area contributed by atoms with Gasteiger partial charge in [0, 0.05) is 42.6 Å². The smallest absolute Gasteiger partial charge is 0.185 e. The van der Waals surface area contributed by atoms with Crippen molar-refractivity contribution in [3.63, 3.8) is 0 Å². The molecule has 2 rings (SSSR count). The summed E-state index contributed by atoms with van der Waals surface area (Å²) < 4.78 is 0. The van der Waals surface area contributed by atoms with Crippen molar-refractivity contribution < 1.29 is 0 Å². The fourth-order valence-electron chi connectivity index (χ4n) is 2.70. The van der Waals surface area contributed by atoms with Crippen LogP contribution in [0.25, 0.3) is 0 Å². The van der Waals surface area contributed by atoms with E-state index in [1.54, 1.807) is 0 Å². The number of hydrogen-bond acceptors (Lipinski definition) is 5. The van der Waals surface area contributed by atoms with E-state index in [4.69, 9.17) is 4.98 Å². The average molecular weight is 311 g/mol. The van der Waals surface area contributed by atoms with Crippen LogP contribution < -0.4 is 10.2 Å². The maximum atomic E-state index is 4.81. The molecule has 5 heteroatoms. The lowest BCUT2D eigenvalue weighted by Crippen LogP contribution is -2.51. The number of likely N-dealkylation sites (N-methyl/N-ethyl adjacent to an activating group) is 1. The van der Waals surface area contributed by atoms with Crippen LogP contribution in [0.1, 0.15) is 45.2 Å². The van der Waals surface area contributed by atoms with Gasteiger partial charge in [-0.25, -0.2) is 4.98 Å². The third-order valence-electron chi connectivity index (χ3n) is 4.10. The van der Waals surface area contributed by atoms with Crippen LogP contribution in [0.2, 0.25) is 0 Å². The second-order valence-electron chi connectivity index (χ2n) is 7.03. The highest BCUT2D eigenvalue weighted by atomic mass is 32.1. The lowest BCUT2D eigenvalue weighted by atomic mass is 10.1. The van der Waals surface area contributed by atoms with E-state index < -0.39 is 0 Å². The van der Waals surface area contributed by atoms with Crippen molar-refractivity contribution in [2.45, 2.75) is 59.7 Å². The van der Waals surface area contributed by atoms with Crippen LogP contribution in [0.15, 0.2) is 0 Å². The van der Waals surface area contributed by atoms with Crippen LogP contribution >= 0.6 is 11.3 Å². The Morgan fingerprint density at radius 1 is 1.33 bits per heavy atom. The standard InChI is InChI=1S/C16H30N4S/c1-7-19-8-9-20(11-12(19)2)15-18-13(3)14(21-15)10-17-16(4,5)6/h12,17H,7-11H2,1-6H3. The van der Waals surface area contributed by atoms with E-state index >= 15 is 0 Å². The van der Waals surface area contributed by atoms with E-state index in [9.17, 15) is 0 Å². The summed E-state index contributed by atoms with van der Waals surface area (Å²) in [5.74, 6) is 0. The van der Waals surface area contributed by atoms with Crippen molar-refractivity contribution in [2.75, 3.05) is 31.1 Å². The lowest BCUT2D eigenvalue weighted by Gasteiger charge is -2.39. The molecule has 1 N–H and O–H groups in total. The first-order valence-corrected chi connectivity index (χ1v) is 8.82. The summed E-state index contributed by atoms with van der Waals surface area (Å²) in [4.78, 5) is 11.2. The molecule has 21 heavy (non-hydrogen) atoms. The number of thiazole rings is 1. The molecular weight excluding hydrogens is 280 g/mol. The number of aryl methyl sites for hydroxylation is 1. The molecule has 0 aromatic carbocycles. The number of nitrogens with zero attached hydrogens (tertiary/aromatic N) is 3. The molecule has 2 heterocycles. The van der Waals surface area contributed by atoms with Crippen molar-refractivity contribution in [2.24, 2.45) is 0 Å². The van der Waals surface area contributed by atoms with Crippen molar-refractivity contribution in [1.29, 1.82) is 0 Å². The Morgan fingerprint density at radius 3 is 2.62 bits per heavy atom. The van der Waals surface area contributed by atoms with Gasteiger partial charge in [-0.3, -0.25) is 4.90 Å². The zero-order chi connectivity index (χ0) is 15.6. The van der Waals surface area contributed by atoms with E-state index in [-0.39, 0.29) is 5.54 Å². The van der Waals surface area contributed by atoms with Crippen molar-refractivity contribution in [3.8, 4) is 0 Å². The minimum absolute atomic E-state index is 0.151. The molecule has 1 aromatic rings. The molecule has 0 amide bonds. The van der Waals surface area contributed by atoms with Gasteiger partial charge in [0.25, 0.3) is 0 Å². The van der Waals surface area contributed by atoms with Crippen molar-refractivity contribution in [1.82, 2.24) is 15.2 Å². The highest BCUT2D eigenvalue weighted by molar-refractivity contribution is 7.15. The van der Waals surface area contributed by atoms with Gasteiger partial charge in [0.1, 0.15) is 0 Å². The van der Waals surface area contributed by atoms with Crippen molar-refractivity contribution in [3.05, 3.63) is 10.6 Å². The van der Waals surface area contributed by atoms with Crippen LogP contribution in [0.5, 0.6) is 0 Å². The minimum atomic E-state index is 0.151. The normalized spacial score (nSPS) is 21.0. The number of hydrogen-bond donors (Lipinski definition) is 1. The van der Waals surface area contributed by atoms with Gasteiger partial charge in [-0.15, -0.1) is 11.3 Å². The van der Waals surface area contributed by atoms with Crippen LogP contribution in [0.3, 0.4) is 0 Å². The Hall–Kier alpha value is -0.650. The number of rotatable bonds is 4. The molecule has 1 aromatic heterocycles. The summed E-state index contributed by atoms with van der Waals surface area (Å²) in [6.45, 7) is 18.7.